The zero-order chi connectivity index (χ0) is 35.6. The number of hydrogen-bond donors (Lipinski definition) is 6. The van der Waals surface area contributed by atoms with Gasteiger partial charge in [0.15, 0.2) is 5.96 Å². The van der Waals surface area contributed by atoms with Crippen LogP contribution in [0.4, 0.5) is 0 Å². The lowest BCUT2D eigenvalue weighted by molar-refractivity contribution is -0.870. The molecule has 0 saturated heterocycles. The minimum atomic E-state index is -0.954. The molecule has 0 bridgehead atoms. The van der Waals surface area contributed by atoms with Crippen LogP contribution in [0, 0.1) is 0 Å². The number of unbranched alkanes of at least 4 members (excludes halogenated alkanes) is 1. The van der Waals surface area contributed by atoms with E-state index in [-0.39, 0.29) is 18.3 Å². The van der Waals surface area contributed by atoms with Gasteiger partial charge in [0.1, 0.15) is 12.1 Å². The summed E-state index contributed by atoms with van der Waals surface area (Å²) >= 11 is 0. The monoisotopic (exact) mass is 671 g/mol. The van der Waals surface area contributed by atoms with Crippen molar-refractivity contribution in [1.29, 1.82) is 0 Å². The molecule has 0 aliphatic heterocycles. The topological polar surface area (TPSA) is 178 Å². The Bertz CT molecular complexity index is 1470. The lowest BCUT2D eigenvalue weighted by Gasteiger charge is -2.25. The number of nitrogens with zero attached hydrogens (tertiary/aromatic N) is 2. The van der Waals surface area contributed by atoms with Crippen molar-refractivity contribution in [3.8, 4) is 11.1 Å². The summed E-state index contributed by atoms with van der Waals surface area (Å²) in [6, 6.07) is 25.1. The van der Waals surface area contributed by atoms with Crippen molar-refractivity contribution in [2.24, 2.45) is 22.2 Å². The van der Waals surface area contributed by atoms with Crippen LogP contribution in [0.3, 0.4) is 0 Å². The first-order chi connectivity index (χ1) is 23.4. The van der Waals surface area contributed by atoms with Gasteiger partial charge in [0.2, 0.25) is 17.7 Å². The summed E-state index contributed by atoms with van der Waals surface area (Å²) in [5, 5.41) is 8.75. The fourth-order valence-electron chi connectivity index (χ4n) is 5.41. The van der Waals surface area contributed by atoms with E-state index in [1.807, 2.05) is 84.9 Å². The van der Waals surface area contributed by atoms with Gasteiger partial charge in [-0.25, -0.2) is 0 Å². The number of nitrogens with one attached hydrogen (secondary N) is 3. The van der Waals surface area contributed by atoms with Crippen molar-refractivity contribution < 1.29 is 18.9 Å². The molecule has 0 spiro atoms. The Morgan fingerprint density at radius 2 is 1.31 bits per heavy atom. The molecular formula is C38H55N8O3+. The number of nitrogens with two attached hydrogens (primary N) is 3. The average molecular weight is 672 g/mol. The standard InChI is InChI=1S/C38H54N8O3/c1-46(2,3)26-11-10-17-32(39)35(47)45-34(27-29-19-21-31(22-20-29)30-15-8-5-9-16-30)37(49)44-33(18-12-24-43-38(40)41)36(48)42-25-23-28-13-6-4-7-14-28/h4-9,13-16,19-22,32-34H,10-12,17-18,23-27,39H2,1-3H3,(H6-,40,41,42,43,44,45,47,48,49)/p+1/t32-,33-,34-/m0/s1. The van der Waals surface area contributed by atoms with Crippen molar-refractivity contribution in [3.63, 3.8) is 0 Å². The predicted molar refractivity (Wildman–Crippen MR) is 197 cm³/mol. The van der Waals surface area contributed by atoms with Crippen LogP contribution in [0.15, 0.2) is 89.9 Å². The summed E-state index contributed by atoms with van der Waals surface area (Å²) in [6.45, 7) is 1.68. The highest BCUT2D eigenvalue weighted by Gasteiger charge is 2.28. The molecule has 0 aliphatic rings. The van der Waals surface area contributed by atoms with Crippen LogP contribution < -0.4 is 33.2 Å². The largest absolute Gasteiger partial charge is 0.370 e. The number of rotatable bonds is 20. The van der Waals surface area contributed by atoms with Gasteiger partial charge >= 0.3 is 0 Å². The van der Waals surface area contributed by atoms with Crippen molar-refractivity contribution in [1.82, 2.24) is 16.0 Å². The summed E-state index contributed by atoms with van der Waals surface area (Å²) in [5.41, 5.74) is 21.3. The summed E-state index contributed by atoms with van der Waals surface area (Å²) in [6.07, 6.45) is 3.86. The molecule has 3 aromatic rings. The van der Waals surface area contributed by atoms with Gasteiger partial charge in [-0.15, -0.1) is 0 Å². The average Bonchev–Trinajstić information content (AvgIpc) is 3.08. The SMILES string of the molecule is C[N+](C)(C)CCCC[C@H](N)C(=O)N[C@@H](Cc1ccc(-c2ccccc2)cc1)C(=O)N[C@@H](CCCN=C(N)N)C(=O)NCCc1ccccc1. The number of amides is 3. The number of benzene rings is 3. The van der Waals surface area contributed by atoms with Gasteiger partial charge in [-0.2, -0.15) is 0 Å². The van der Waals surface area contributed by atoms with Crippen LogP contribution in [-0.2, 0) is 27.2 Å². The first-order valence-corrected chi connectivity index (χ1v) is 17.1. The molecule has 9 N–H and O–H groups in total. The molecule has 0 saturated carbocycles. The Hall–Kier alpha value is -4.74. The lowest BCUT2D eigenvalue weighted by atomic mass is 9.99. The molecule has 49 heavy (non-hydrogen) atoms. The molecule has 11 nitrogen and oxygen atoms in total. The van der Waals surface area contributed by atoms with Gasteiger partial charge < -0.3 is 37.6 Å². The predicted octanol–water partition coefficient (Wildman–Crippen LogP) is 2.48. The van der Waals surface area contributed by atoms with E-state index >= 15 is 0 Å². The molecule has 0 radical (unpaired) electrons. The van der Waals surface area contributed by atoms with Gasteiger partial charge in [0.05, 0.1) is 33.7 Å². The molecule has 0 aromatic heterocycles. The second-order valence-electron chi connectivity index (χ2n) is 13.5. The minimum Gasteiger partial charge on any atom is -0.370 e. The number of guanidine groups is 1. The zero-order valence-corrected chi connectivity index (χ0v) is 29.2. The number of quaternary nitrogens is 1. The van der Waals surface area contributed by atoms with Gasteiger partial charge in [-0.05, 0) is 60.8 Å². The maximum atomic E-state index is 13.9. The highest BCUT2D eigenvalue weighted by molar-refractivity contribution is 5.93. The molecule has 264 valence electrons. The normalized spacial score (nSPS) is 13.1. The Kier molecular flexibility index (Phi) is 15.7. The van der Waals surface area contributed by atoms with Crippen molar-refractivity contribution >= 4 is 23.7 Å². The fraction of sp³-hybridized carbons (Fsp3) is 0.421. The van der Waals surface area contributed by atoms with E-state index in [0.29, 0.717) is 38.8 Å². The number of aliphatic imine (C=N–C) groups is 1. The molecule has 0 heterocycles. The number of carbonyl (C=O) groups is 3. The third-order valence-corrected chi connectivity index (χ3v) is 8.20. The maximum Gasteiger partial charge on any atom is 0.243 e. The molecule has 0 fully saturated rings. The zero-order valence-electron chi connectivity index (χ0n) is 29.2. The number of carbonyl (C=O) groups excluding carboxylic acids is 3. The maximum absolute atomic E-state index is 13.9. The number of hydrogen-bond acceptors (Lipinski definition) is 5. The Labute approximate surface area is 291 Å². The smallest absolute Gasteiger partial charge is 0.243 e. The van der Waals surface area contributed by atoms with E-state index in [4.69, 9.17) is 17.2 Å². The van der Waals surface area contributed by atoms with Gasteiger partial charge in [-0.3, -0.25) is 19.4 Å². The van der Waals surface area contributed by atoms with Crippen molar-refractivity contribution in [3.05, 3.63) is 96.1 Å². The molecule has 0 aliphatic carbocycles. The first kappa shape index (κ1) is 38.7. The molecule has 3 amide bonds. The van der Waals surface area contributed by atoms with E-state index in [1.54, 1.807) is 0 Å². The van der Waals surface area contributed by atoms with E-state index in [2.05, 4.69) is 42.1 Å². The molecule has 3 aromatic carbocycles. The van der Waals surface area contributed by atoms with Crippen LogP contribution in [0.25, 0.3) is 11.1 Å². The molecule has 3 rings (SSSR count). The van der Waals surface area contributed by atoms with Crippen LogP contribution in [0.1, 0.15) is 43.2 Å². The Morgan fingerprint density at radius 1 is 0.694 bits per heavy atom. The van der Waals surface area contributed by atoms with E-state index in [0.717, 1.165) is 46.1 Å². The summed E-state index contributed by atoms with van der Waals surface area (Å²) in [5.74, 6) is -1.23. The van der Waals surface area contributed by atoms with Gasteiger partial charge in [0, 0.05) is 19.5 Å². The quantitative estimate of drug-likeness (QED) is 0.0465. The second kappa shape index (κ2) is 19.9. The molecule has 0 unspecified atom stereocenters. The van der Waals surface area contributed by atoms with E-state index in [1.165, 1.54) is 0 Å². The van der Waals surface area contributed by atoms with Crippen LogP contribution in [0.2, 0.25) is 0 Å². The van der Waals surface area contributed by atoms with Crippen LogP contribution >= 0.6 is 0 Å². The van der Waals surface area contributed by atoms with Crippen LogP contribution in [-0.4, -0.2) is 87.1 Å². The summed E-state index contributed by atoms with van der Waals surface area (Å²) < 4.78 is 0.833. The van der Waals surface area contributed by atoms with Gasteiger partial charge in [-0.1, -0.05) is 84.9 Å². The molecule has 3 atom stereocenters. The minimum absolute atomic E-state index is 0.0391. The lowest BCUT2D eigenvalue weighted by Crippen LogP contribution is -2.56. The van der Waals surface area contributed by atoms with E-state index in [9.17, 15) is 14.4 Å². The van der Waals surface area contributed by atoms with Crippen LogP contribution in [0.5, 0.6) is 0 Å². The highest BCUT2D eigenvalue weighted by atomic mass is 16.2. The molecular weight excluding hydrogens is 616 g/mol. The summed E-state index contributed by atoms with van der Waals surface area (Å²) in [4.78, 5) is 44.6. The highest BCUT2D eigenvalue weighted by Crippen LogP contribution is 2.20. The van der Waals surface area contributed by atoms with E-state index < -0.39 is 29.9 Å². The summed E-state index contributed by atoms with van der Waals surface area (Å²) in [7, 11) is 6.37. The third kappa shape index (κ3) is 14.9. The van der Waals surface area contributed by atoms with Gasteiger partial charge in [0.25, 0.3) is 0 Å². The Balaban J connectivity index is 1.74. The third-order valence-electron chi connectivity index (χ3n) is 8.20. The van der Waals surface area contributed by atoms with Crippen molar-refractivity contribution in [2.45, 2.75) is 63.1 Å². The first-order valence-electron chi connectivity index (χ1n) is 17.1. The second-order valence-corrected chi connectivity index (χ2v) is 13.5. The molecule has 11 heteroatoms. The fourth-order valence-corrected chi connectivity index (χ4v) is 5.41. The Morgan fingerprint density at radius 3 is 1.94 bits per heavy atom. The van der Waals surface area contributed by atoms with Crippen molar-refractivity contribution in [2.75, 3.05) is 40.8 Å².